The van der Waals surface area contributed by atoms with Gasteiger partial charge in [0, 0.05) is 5.69 Å². The van der Waals surface area contributed by atoms with E-state index in [2.05, 4.69) is 33.0 Å². The SMILES string of the molecule is Cc1[nH]nc(C(=O)O)c1Nc1ccc(Cc2ccc(OCCOC3C[NH2+]C3)cc2)cc1. The Balaban J connectivity index is 1.28. The van der Waals surface area contributed by atoms with Gasteiger partial charge in [-0.05, 0) is 48.7 Å². The van der Waals surface area contributed by atoms with Crippen molar-refractivity contribution >= 4 is 17.3 Å². The van der Waals surface area contributed by atoms with Crippen molar-refractivity contribution in [1.82, 2.24) is 10.2 Å². The molecule has 3 aromatic rings. The van der Waals surface area contributed by atoms with Gasteiger partial charge in [0.15, 0.2) is 11.8 Å². The third-order valence-electron chi connectivity index (χ3n) is 5.27. The maximum atomic E-state index is 11.3. The monoisotopic (exact) mass is 423 g/mol. The Morgan fingerprint density at radius 2 is 1.81 bits per heavy atom. The van der Waals surface area contributed by atoms with Gasteiger partial charge in [0.25, 0.3) is 0 Å². The van der Waals surface area contributed by atoms with Crippen LogP contribution in [0.2, 0.25) is 0 Å². The highest BCUT2D eigenvalue weighted by Crippen LogP contribution is 2.24. The number of nitrogens with two attached hydrogens (primary N) is 1. The highest BCUT2D eigenvalue weighted by Gasteiger charge is 2.21. The molecular formula is C23H27N4O4+. The fraction of sp³-hybridized carbons (Fsp3) is 0.304. The Morgan fingerprint density at radius 1 is 1.13 bits per heavy atom. The average Bonchev–Trinajstić information content (AvgIpc) is 3.10. The lowest BCUT2D eigenvalue weighted by atomic mass is 10.0. The third-order valence-corrected chi connectivity index (χ3v) is 5.27. The highest BCUT2D eigenvalue weighted by atomic mass is 16.5. The number of nitrogens with one attached hydrogen (secondary N) is 2. The number of hydrogen-bond acceptors (Lipinski definition) is 5. The van der Waals surface area contributed by atoms with Crippen LogP contribution < -0.4 is 15.4 Å². The van der Waals surface area contributed by atoms with E-state index in [9.17, 15) is 9.90 Å². The van der Waals surface area contributed by atoms with Crippen LogP contribution >= 0.6 is 0 Å². The lowest BCUT2D eigenvalue weighted by Crippen LogP contribution is -2.98. The van der Waals surface area contributed by atoms with Crippen LogP contribution in [0.4, 0.5) is 11.4 Å². The summed E-state index contributed by atoms with van der Waals surface area (Å²) >= 11 is 0. The van der Waals surface area contributed by atoms with E-state index in [1.165, 1.54) is 5.56 Å². The van der Waals surface area contributed by atoms with Crippen molar-refractivity contribution in [2.45, 2.75) is 19.4 Å². The van der Waals surface area contributed by atoms with E-state index in [0.717, 1.165) is 36.5 Å². The van der Waals surface area contributed by atoms with Gasteiger partial charge >= 0.3 is 5.97 Å². The number of hydrogen-bond donors (Lipinski definition) is 4. The molecule has 1 aromatic heterocycles. The fourth-order valence-electron chi connectivity index (χ4n) is 3.34. The molecule has 31 heavy (non-hydrogen) atoms. The Labute approximate surface area is 180 Å². The Bertz CT molecular complexity index is 1010. The number of aromatic carboxylic acids is 1. The van der Waals surface area contributed by atoms with Gasteiger partial charge < -0.3 is 25.2 Å². The third kappa shape index (κ3) is 5.42. The van der Waals surface area contributed by atoms with E-state index in [0.29, 0.717) is 30.7 Å². The summed E-state index contributed by atoms with van der Waals surface area (Å²) in [5.74, 6) is -0.225. The number of quaternary nitrogens is 1. The summed E-state index contributed by atoms with van der Waals surface area (Å²) in [5, 5.41) is 21.1. The zero-order valence-electron chi connectivity index (χ0n) is 17.4. The molecule has 2 heterocycles. The molecule has 8 nitrogen and oxygen atoms in total. The Morgan fingerprint density at radius 3 is 2.42 bits per heavy atom. The number of benzene rings is 2. The summed E-state index contributed by atoms with van der Waals surface area (Å²) in [6, 6.07) is 16.0. The summed E-state index contributed by atoms with van der Waals surface area (Å²) in [7, 11) is 0. The van der Waals surface area contributed by atoms with Crippen LogP contribution in [0.3, 0.4) is 0 Å². The first-order chi connectivity index (χ1) is 15.1. The van der Waals surface area contributed by atoms with Crippen molar-refractivity contribution in [2.75, 3.05) is 31.6 Å². The highest BCUT2D eigenvalue weighted by molar-refractivity contribution is 5.93. The maximum absolute atomic E-state index is 11.3. The largest absolute Gasteiger partial charge is 0.491 e. The van der Waals surface area contributed by atoms with Crippen molar-refractivity contribution in [2.24, 2.45) is 0 Å². The van der Waals surface area contributed by atoms with Crippen molar-refractivity contribution in [3.8, 4) is 5.75 Å². The van der Waals surface area contributed by atoms with E-state index >= 15 is 0 Å². The van der Waals surface area contributed by atoms with Crippen LogP contribution in [0, 0.1) is 6.92 Å². The van der Waals surface area contributed by atoms with E-state index in [-0.39, 0.29) is 5.69 Å². The second-order valence-corrected chi connectivity index (χ2v) is 7.62. The molecule has 1 fully saturated rings. The quantitative estimate of drug-likeness (QED) is 0.372. The van der Waals surface area contributed by atoms with Crippen molar-refractivity contribution < 1.29 is 24.7 Å². The topological polar surface area (TPSA) is 113 Å². The molecular weight excluding hydrogens is 396 g/mol. The van der Waals surface area contributed by atoms with Crippen molar-refractivity contribution in [3.05, 3.63) is 71.0 Å². The van der Waals surface area contributed by atoms with Gasteiger partial charge in [-0.1, -0.05) is 24.3 Å². The molecule has 2 aromatic carbocycles. The van der Waals surface area contributed by atoms with Gasteiger partial charge in [0.2, 0.25) is 0 Å². The number of anilines is 2. The van der Waals surface area contributed by atoms with Crippen LogP contribution in [0.1, 0.15) is 27.3 Å². The van der Waals surface area contributed by atoms with E-state index in [1.54, 1.807) is 6.92 Å². The number of aromatic amines is 1. The lowest BCUT2D eigenvalue weighted by Gasteiger charge is -2.22. The predicted molar refractivity (Wildman–Crippen MR) is 116 cm³/mol. The maximum Gasteiger partial charge on any atom is 0.358 e. The minimum absolute atomic E-state index is 0.0167. The Hall–Kier alpha value is -3.36. The van der Waals surface area contributed by atoms with Crippen LogP contribution in [-0.2, 0) is 11.2 Å². The molecule has 162 valence electrons. The molecule has 1 aliphatic rings. The summed E-state index contributed by atoms with van der Waals surface area (Å²) in [5.41, 5.74) is 4.29. The lowest BCUT2D eigenvalue weighted by molar-refractivity contribution is -0.724. The molecule has 0 atom stereocenters. The van der Waals surface area contributed by atoms with E-state index in [1.807, 2.05) is 36.4 Å². The molecule has 0 saturated carbocycles. The first-order valence-corrected chi connectivity index (χ1v) is 10.4. The van der Waals surface area contributed by atoms with Crippen molar-refractivity contribution in [3.63, 3.8) is 0 Å². The summed E-state index contributed by atoms with van der Waals surface area (Å²) in [6.07, 6.45) is 1.18. The minimum atomic E-state index is -1.07. The molecule has 5 N–H and O–H groups in total. The van der Waals surface area contributed by atoms with Gasteiger partial charge in [0.1, 0.15) is 25.4 Å². The average molecular weight is 423 g/mol. The predicted octanol–water partition coefficient (Wildman–Crippen LogP) is 2.09. The number of nitrogens with zero attached hydrogens (tertiary/aromatic N) is 1. The van der Waals surface area contributed by atoms with E-state index < -0.39 is 5.97 Å². The number of rotatable bonds is 10. The fourth-order valence-corrected chi connectivity index (χ4v) is 3.34. The smallest absolute Gasteiger partial charge is 0.358 e. The van der Waals surface area contributed by atoms with Gasteiger partial charge in [-0.2, -0.15) is 5.10 Å². The molecule has 0 spiro atoms. The Kier molecular flexibility index (Phi) is 6.49. The summed E-state index contributed by atoms with van der Waals surface area (Å²) in [4.78, 5) is 11.3. The number of carbonyl (C=O) groups is 1. The molecule has 0 amide bonds. The normalized spacial score (nSPS) is 13.6. The number of aryl methyl sites for hydroxylation is 1. The van der Waals surface area contributed by atoms with Crippen LogP contribution in [-0.4, -0.2) is 53.7 Å². The molecule has 8 heteroatoms. The van der Waals surface area contributed by atoms with Crippen LogP contribution in [0.15, 0.2) is 48.5 Å². The number of ether oxygens (including phenoxy) is 2. The number of carboxylic acid groups (broad SMARTS) is 1. The number of carboxylic acids is 1. The van der Waals surface area contributed by atoms with Gasteiger partial charge in [-0.25, -0.2) is 4.79 Å². The minimum Gasteiger partial charge on any atom is -0.491 e. The van der Waals surface area contributed by atoms with Gasteiger partial charge in [-0.3, -0.25) is 5.10 Å². The van der Waals surface area contributed by atoms with Crippen LogP contribution in [0.5, 0.6) is 5.75 Å². The zero-order chi connectivity index (χ0) is 21.6. The zero-order valence-corrected chi connectivity index (χ0v) is 17.4. The molecule has 1 aliphatic heterocycles. The van der Waals surface area contributed by atoms with Gasteiger partial charge in [0.05, 0.1) is 18.0 Å². The molecule has 0 radical (unpaired) electrons. The van der Waals surface area contributed by atoms with E-state index in [4.69, 9.17) is 9.47 Å². The number of H-pyrrole nitrogens is 1. The molecule has 1 saturated heterocycles. The summed E-state index contributed by atoms with van der Waals surface area (Å²) in [6.45, 7) is 5.07. The molecule has 0 aliphatic carbocycles. The molecule has 0 bridgehead atoms. The second kappa shape index (κ2) is 9.63. The standard InChI is InChI=1S/C23H26N4O4/c1-15-21(22(23(28)29)27-26-15)25-18-6-2-16(3-7-18)12-17-4-8-19(9-5-17)30-10-11-31-20-13-24-14-20/h2-9,20,24-25H,10-14H2,1H3,(H,26,27)(H,28,29)/p+1. The first-order valence-electron chi connectivity index (χ1n) is 10.4. The molecule has 0 unspecified atom stereocenters. The molecule has 4 rings (SSSR count). The van der Waals surface area contributed by atoms with Crippen molar-refractivity contribution in [1.29, 1.82) is 0 Å². The second-order valence-electron chi connectivity index (χ2n) is 7.62. The first kappa shape index (κ1) is 20.9. The van der Waals surface area contributed by atoms with Gasteiger partial charge in [-0.15, -0.1) is 0 Å². The summed E-state index contributed by atoms with van der Waals surface area (Å²) < 4.78 is 11.4. The number of aromatic nitrogens is 2. The van der Waals surface area contributed by atoms with Crippen LogP contribution in [0.25, 0.3) is 0 Å².